The van der Waals surface area contributed by atoms with Crippen molar-refractivity contribution in [2.24, 2.45) is 5.73 Å². The minimum Gasteiger partial charge on any atom is -0.329 e. The van der Waals surface area contributed by atoms with Crippen molar-refractivity contribution in [3.63, 3.8) is 0 Å². The van der Waals surface area contributed by atoms with Crippen molar-refractivity contribution in [2.45, 2.75) is 12.5 Å². The zero-order valence-electron chi connectivity index (χ0n) is 12.1. The van der Waals surface area contributed by atoms with E-state index in [0.717, 1.165) is 6.42 Å². The molecule has 0 aliphatic heterocycles. The Balaban J connectivity index is 2.10. The summed E-state index contributed by atoms with van der Waals surface area (Å²) in [5.74, 6) is -1.09. The third-order valence-corrected chi connectivity index (χ3v) is 3.68. The van der Waals surface area contributed by atoms with E-state index >= 15 is 0 Å². The summed E-state index contributed by atoms with van der Waals surface area (Å²) in [5.41, 5.74) is 6.98. The summed E-state index contributed by atoms with van der Waals surface area (Å²) in [7, 11) is 1.84. The van der Waals surface area contributed by atoms with E-state index in [1.54, 1.807) is 0 Å². The molecule has 0 aliphatic rings. The highest BCUT2D eigenvalue weighted by atomic mass is 19.1. The van der Waals surface area contributed by atoms with E-state index in [0.29, 0.717) is 6.54 Å². The molecule has 0 aliphatic carbocycles. The molecule has 0 bridgehead atoms. The molecule has 21 heavy (non-hydrogen) atoms. The third kappa shape index (κ3) is 3.86. The molecule has 0 saturated carbocycles. The first-order chi connectivity index (χ1) is 10.1. The molecule has 2 rings (SSSR count). The molecule has 4 heteroatoms. The fourth-order valence-corrected chi connectivity index (χ4v) is 2.45. The van der Waals surface area contributed by atoms with Gasteiger partial charge in [0.15, 0.2) is 0 Å². The van der Waals surface area contributed by atoms with Crippen LogP contribution in [0.15, 0.2) is 48.5 Å². The van der Waals surface area contributed by atoms with Crippen LogP contribution in [0.3, 0.4) is 0 Å². The Morgan fingerprint density at radius 2 is 1.62 bits per heavy atom. The number of likely N-dealkylation sites (N-methyl/N-ethyl adjacent to an activating group) is 1. The molecule has 0 aromatic heterocycles. The zero-order valence-corrected chi connectivity index (χ0v) is 12.1. The first kappa shape index (κ1) is 15.6. The molecule has 0 heterocycles. The maximum atomic E-state index is 13.9. The second-order valence-electron chi connectivity index (χ2n) is 5.10. The van der Waals surface area contributed by atoms with E-state index in [1.807, 2.05) is 42.3 Å². The number of nitrogens with zero attached hydrogens (tertiary/aromatic N) is 1. The molecule has 0 amide bonds. The molecule has 2 aromatic carbocycles. The summed E-state index contributed by atoms with van der Waals surface area (Å²) >= 11 is 0. The smallest absolute Gasteiger partial charge is 0.130 e. The van der Waals surface area contributed by atoms with Gasteiger partial charge >= 0.3 is 0 Å². The Bertz CT molecular complexity index is 552. The second-order valence-corrected chi connectivity index (χ2v) is 5.10. The van der Waals surface area contributed by atoms with Gasteiger partial charge in [0, 0.05) is 18.7 Å². The lowest BCUT2D eigenvalue weighted by atomic mass is 10.0. The van der Waals surface area contributed by atoms with Crippen molar-refractivity contribution in [1.82, 2.24) is 4.90 Å². The van der Waals surface area contributed by atoms with E-state index < -0.39 is 17.7 Å². The number of hydrogen-bond acceptors (Lipinski definition) is 2. The van der Waals surface area contributed by atoms with Gasteiger partial charge < -0.3 is 5.73 Å². The van der Waals surface area contributed by atoms with Crippen molar-refractivity contribution in [3.05, 3.63) is 71.3 Å². The fourth-order valence-electron chi connectivity index (χ4n) is 2.45. The van der Waals surface area contributed by atoms with Crippen LogP contribution in [-0.2, 0) is 6.42 Å². The largest absolute Gasteiger partial charge is 0.329 e. The topological polar surface area (TPSA) is 29.3 Å². The molecule has 0 saturated heterocycles. The number of benzene rings is 2. The molecule has 0 radical (unpaired) electrons. The minimum atomic E-state index is -0.544. The lowest BCUT2D eigenvalue weighted by Gasteiger charge is -2.28. The standard InChI is InChI=1S/C17H20F2N2/c1-21(11-10-13-6-3-2-4-7-13)16(12-20)17-14(18)8-5-9-15(17)19/h2-9,16H,10-12,20H2,1H3. The molecule has 2 aromatic rings. The average molecular weight is 290 g/mol. The first-order valence-corrected chi connectivity index (χ1v) is 7.01. The Kier molecular flexibility index (Phi) is 5.42. The van der Waals surface area contributed by atoms with Crippen LogP contribution in [0.4, 0.5) is 8.78 Å². The van der Waals surface area contributed by atoms with Crippen molar-refractivity contribution in [3.8, 4) is 0 Å². The monoisotopic (exact) mass is 290 g/mol. The predicted octanol–water partition coefficient (Wildman–Crippen LogP) is 3.14. The Morgan fingerprint density at radius 1 is 1.00 bits per heavy atom. The molecule has 2 nitrogen and oxygen atoms in total. The molecule has 0 spiro atoms. The first-order valence-electron chi connectivity index (χ1n) is 7.01. The van der Waals surface area contributed by atoms with Gasteiger partial charge in [0.2, 0.25) is 0 Å². The van der Waals surface area contributed by atoms with Crippen molar-refractivity contribution < 1.29 is 8.78 Å². The van der Waals surface area contributed by atoms with Crippen LogP contribution in [0.2, 0.25) is 0 Å². The van der Waals surface area contributed by atoms with Crippen LogP contribution in [0, 0.1) is 11.6 Å². The second kappa shape index (κ2) is 7.29. The van der Waals surface area contributed by atoms with Crippen LogP contribution < -0.4 is 5.73 Å². The van der Waals surface area contributed by atoms with Crippen LogP contribution in [0.25, 0.3) is 0 Å². The van der Waals surface area contributed by atoms with Gasteiger partial charge in [-0.15, -0.1) is 0 Å². The summed E-state index contributed by atoms with van der Waals surface area (Å²) in [5, 5.41) is 0. The highest BCUT2D eigenvalue weighted by Gasteiger charge is 2.22. The van der Waals surface area contributed by atoms with E-state index in [4.69, 9.17) is 5.73 Å². The SMILES string of the molecule is CN(CCc1ccccc1)C(CN)c1c(F)cccc1F. The van der Waals surface area contributed by atoms with Gasteiger partial charge in [-0.2, -0.15) is 0 Å². The lowest BCUT2D eigenvalue weighted by Crippen LogP contribution is -2.33. The van der Waals surface area contributed by atoms with Crippen LogP contribution in [-0.4, -0.2) is 25.0 Å². The third-order valence-electron chi connectivity index (χ3n) is 3.68. The van der Waals surface area contributed by atoms with Crippen molar-refractivity contribution in [1.29, 1.82) is 0 Å². The van der Waals surface area contributed by atoms with E-state index in [9.17, 15) is 8.78 Å². The molecule has 1 unspecified atom stereocenters. The van der Waals surface area contributed by atoms with Gasteiger partial charge in [0.05, 0.1) is 6.04 Å². The maximum absolute atomic E-state index is 13.9. The summed E-state index contributed by atoms with van der Waals surface area (Å²) in [6, 6.07) is 13.4. The highest BCUT2D eigenvalue weighted by molar-refractivity contribution is 5.24. The molecule has 1 atom stereocenters. The molecular formula is C17H20F2N2. The number of rotatable bonds is 6. The van der Waals surface area contributed by atoms with Gasteiger partial charge in [0.1, 0.15) is 11.6 Å². The molecule has 112 valence electrons. The van der Waals surface area contributed by atoms with Crippen molar-refractivity contribution in [2.75, 3.05) is 20.1 Å². The Morgan fingerprint density at radius 3 is 2.19 bits per heavy atom. The van der Waals surface area contributed by atoms with E-state index in [-0.39, 0.29) is 12.1 Å². The molecule has 0 fully saturated rings. The quantitative estimate of drug-likeness (QED) is 0.885. The van der Waals surface area contributed by atoms with Crippen LogP contribution >= 0.6 is 0 Å². The summed E-state index contributed by atoms with van der Waals surface area (Å²) in [4.78, 5) is 1.90. The fraction of sp³-hybridized carbons (Fsp3) is 0.294. The lowest BCUT2D eigenvalue weighted by molar-refractivity contribution is 0.242. The van der Waals surface area contributed by atoms with E-state index in [1.165, 1.54) is 23.8 Å². The Labute approximate surface area is 124 Å². The number of hydrogen-bond donors (Lipinski definition) is 1. The number of halogens is 2. The predicted molar refractivity (Wildman–Crippen MR) is 80.9 cm³/mol. The normalized spacial score (nSPS) is 12.6. The molecular weight excluding hydrogens is 270 g/mol. The maximum Gasteiger partial charge on any atom is 0.130 e. The van der Waals surface area contributed by atoms with Gasteiger partial charge in [-0.05, 0) is 31.2 Å². The van der Waals surface area contributed by atoms with Gasteiger partial charge in [-0.25, -0.2) is 8.78 Å². The summed E-state index contributed by atoms with van der Waals surface area (Å²) in [6.07, 6.45) is 0.809. The summed E-state index contributed by atoms with van der Waals surface area (Å²) < 4.78 is 27.8. The van der Waals surface area contributed by atoms with Crippen LogP contribution in [0.1, 0.15) is 17.2 Å². The van der Waals surface area contributed by atoms with Gasteiger partial charge in [-0.1, -0.05) is 36.4 Å². The highest BCUT2D eigenvalue weighted by Crippen LogP contribution is 2.24. The van der Waals surface area contributed by atoms with Gasteiger partial charge in [0.25, 0.3) is 0 Å². The zero-order chi connectivity index (χ0) is 15.2. The van der Waals surface area contributed by atoms with Crippen molar-refractivity contribution >= 4 is 0 Å². The van der Waals surface area contributed by atoms with Crippen LogP contribution in [0.5, 0.6) is 0 Å². The Hall–Kier alpha value is -1.78. The average Bonchev–Trinajstić information content (AvgIpc) is 2.50. The molecule has 2 N–H and O–H groups in total. The number of nitrogens with two attached hydrogens (primary N) is 1. The van der Waals surface area contributed by atoms with E-state index in [2.05, 4.69) is 0 Å². The minimum absolute atomic E-state index is 0.0514. The summed E-state index contributed by atoms with van der Waals surface area (Å²) in [6.45, 7) is 0.850. The van der Waals surface area contributed by atoms with Gasteiger partial charge in [-0.3, -0.25) is 4.90 Å².